The molecule has 1 aromatic heterocycles. The molecular weight excluding hydrogens is 258 g/mol. The third-order valence-corrected chi connectivity index (χ3v) is 3.22. The molecule has 0 atom stereocenters. The molecule has 100 valence electrons. The van der Waals surface area contributed by atoms with Gasteiger partial charge >= 0.3 is 0 Å². The van der Waals surface area contributed by atoms with Crippen molar-refractivity contribution in [2.24, 2.45) is 0 Å². The second-order valence-electron chi connectivity index (χ2n) is 4.36. The van der Waals surface area contributed by atoms with Crippen LogP contribution < -0.4 is 10.2 Å². The van der Waals surface area contributed by atoms with Crippen LogP contribution in [0, 0.1) is 0 Å². The standard InChI is InChI=1S/C15H18ClN3/c1-3-17-14-9-6-10-15(18-14)19(2)11-12-7-4-5-8-13(12)16/h4-10H,3,11H2,1-2H3,(H,17,18). The average Bonchev–Trinajstić information content (AvgIpc) is 2.42. The van der Waals surface area contributed by atoms with E-state index < -0.39 is 0 Å². The van der Waals surface area contributed by atoms with Crippen molar-refractivity contribution < 1.29 is 0 Å². The first-order valence-electron chi connectivity index (χ1n) is 6.36. The van der Waals surface area contributed by atoms with Gasteiger partial charge in [-0.25, -0.2) is 4.98 Å². The van der Waals surface area contributed by atoms with Gasteiger partial charge in [0.2, 0.25) is 0 Å². The molecule has 1 heterocycles. The molecule has 0 bridgehead atoms. The Morgan fingerprint density at radius 2 is 1.95 bits per heavy atom. The van der Waals surface area contributed by atoms with Gasteiger partial charge in [-0.2, -0.15) is 0 Å². The van der Waals surface area contributed by atoms with Crippen molar-refractivity contribution in [1.82, 2.24) is 4.98 Å². The van der Waals surface area contributed by atoms with Crippen molar-refractivity contribution >= 4 is 23.2 Å². The molecule has 0 aliphatic rings. The number of pyridine rings is 1. The van der Waals surface area contributed by atoms with Gasteiger partial charge in [-0.3, -0.25) is 0 Å². The summed E-state index contributed by atoms with van der Waals surface area (Å²) in [7, 11) is 2.02. The first-order valence-corrected chi connectivity index (χ1v) is 6.74. The minimum Gasteiger partial charge on any atom is -0.370 e. The number of benzene rings is 1. The summed E-state index contributed by atoms with van der Waals surface area (Å²) in [5, 5.41) is 4.00. The molecule has 0 amide bonds. The lowest BCUT2D eigenvalue weighted by Crippen LogP contribution is -2.18. The average molecular weight is 276 g/mol. The number of anilines is 2. The topological polar surface area (TPSA) is 28.2 Å². The molecule has 0 saturated heterocycles. The van der Waals surface area contributed by atoms with Crippen molar-refractivity contribution in [1.29, 1.82) is 0 Å². The summed E-state index contributed by atoms with van der Waals surface area (Å²) in [6.45, 7) is 3.66. The molecule has 3 nitrogen and oxygen atoms in total. The molecule has 0 saturated carbocycles. The third-order valence-electron chi connectivity index (χ3n) is 2.85. The van der Waals surface area contributed by atoms with Crippen LogP contribution in [0.2, 0.25) is 5.02 Å². The van der Waals surface area contributed by atoms with E-state index in [2.05, 4.69) is 22.1 Å². The molecule has 1 N–H and O–H groups in total. The smallest absolute Gasteiger partial charge is 0.130 e. The van der Waals surface area contributed by atoms with Gasteiger partial charge < -0.3 is 10.2 Å². The molecule has 0 unspecified atom stereocenters. The highest BCUT2D eigenvalue weighted by atomic mass is 35.5. The summed E-state index contributed by atoms with van der Waals surface area (Å²) in [5.74, 6) is 1.82. The predicted octanol–water partition coefficient (Wildman–Crippen LogP) is 3.80. The van der Waals surface area contributed by atoms with Gasteiger partial charge in [0.25, 0.3) is 0 Å². The number of halogens is 1. The van der Waals surface area contributed by atoms with Crippen LogP contribution in [0.3, 0.4) is 0 Å². The second kappa shape index (κ2) is 6.43. The summed E-state index contributed by atoms with van der Waals surface area (Å²) in [6, 6.07) is 13.9. The summed E-state index contributed by atoms with van der Waals surface area (Å²) in [5.41, 5.74) is 1.10. The molecule has 0 aliphatic heterocycles. The maximum atomic E-state index is 6.18. The molecule has 0 fully saturated rings. The lowest BCUT2D eigenvalue weighted by Gasteiger charge is -2.19. The van der Waals surface area contributed by atoms with Crippen molar-refractivity contribution in [2.75, 3.05) is 23.8 Å². The van der Waals surface area contributed by atoms with E-state index in [4.69, 9.17) is 11.6 Å². The molecule has 19 heavy (non-hydrogen) atoms. The number of hydrogen-bond donors (Lipinski definition) is 1. The number of aromatic nitrogens is 1. The SMILES string of the molecule is CCNc1cccc(N(C)Cc2ccccc2Cl)n1. The molecule has 2 rings (SSSR count). The van der Waals surface area contributed by atoms with Crippen LogP contribution in [0.25, 0.3) is 0 Å². The van der Waals surface area contributed by atoms with Crippen LogP contribution in [0.1, 0.15) is 12.5 Å². The normalized spacial score (nSPS) is 10.3. The number of nitrogens with one attached hydrogen (secondary N) is 1. The fourth-order valence-electron chi connectivity index (χ4n) is 1.88. The van der Waals surface area contributed by atoms with Gasteiger partial charge in [-0.1, -0.05) is 35.9 Å². The molecule has 0 radical (unpaired) electrons. The summed E-state index contributed by atoms with van der Waals surface area (Å²) < 4.78 is 0. The fourth-order valence-corrected chi connectivity index (χ4v) is 2.07. The van der Waals surface area contributed by atoms with Crippen LogP contribution >= 0.6 is 11.6 Å². The molecule has 4 heteroatoms. The van der Waals surface area contributed by atoms with Gasteiger partial charge in [0.1, 0.15) is 11.6 Å². The monoisotopic (exact) mass is 275 g/mol. The Kier molecular flexibility index (Phi) is 4.63. The molecule has 2 aromatic rings. The fraction of sp³-hybridized carbons (Fsp3) is 0.267. The second-order valence-corrected chi connectivity index (χ2v) is 4.77. The van der Waals surface area contributed by atoms with E-state index >= 15 is 0 Å². The summed E-state index contributed by atoms with van der Waals surface area (Å²) in [4.78, 5) is 6.65. The van der Waals surface area contributed by atoms with Gasteiger partial charge in [0.05, 0.1) is 0 Å². The Hall–Kier alpha value is -1.74. The quantitative estimate of drug-likeness (QED) is 0.900. The maximum Gasteiger partial charge on any atom is 0.130 e. The van der Waals surface area contributed by atoms with E-state index in [-0.39, 0.29) is 0 Å². The third kappa shape index (κ3) is 3.61. The lowest BCUT2D eigenvalue weighted by molar-refractivity contribution is 0.898. The van der Waals surface area contributed by atoms with Gasteiger partial charge in [0, 0.05) is 25.2 Å². The maximum absolute atomic E-state index is 6.18. The number of rotatable bonds is 5. The minimum absolute atomic E-state index is 0.738. The largest absolute Gasteiger partial charge is 0.370 e. The zero-order chi connectivity index (χ0) is 13.7. The van der Waals surface area contributed by atoms with E-state index in [0.29, 0.717) is 0 Å². The highest BCUT2D eigenvalue weighted by Gasteiger charge is 2.06. The Balaban J connectivity index is 2.13. The molecule has 1 aromatic carbocycles. The number of nitrogens with zero attached hydrogens (tertiary/aromatic N) is 2. The van der Waals surface area contributed by atoms with E-state index in [1.54, 1.807) is 0 Å². The molecular formula is C15H18ClN3. The van der Waals surface area contributed by atoms with E-state index in [1.165, 1.54) is 0 Å². The van der Waals surface area contributed by atoms with Gasteiger partial charge in [0.15, 0.2) is 0 Å². The Labute approximate surface area is 119 Å². The van der Waals surface area contributed by atoms with Gasteiger partial charge in [-0.05, 0) is 30.7 Å². The highest BCUT2D eigenvalue weighted by molar-refractivity contribution is 6.31. The zero-order valence-electron chi connectivity index (χ0n) is 11.2. The van der Waals surface area contributed by atoms with Crippen molar-refractivity contribution in [3.63, 3.8) is 0 Å². The Morgan fingerprint density at radius 1 is 1.16 bits per heavy atom. The minimum atomic E-state index is 0.738. The first-order chi connectivity index (χ1) is 9.20. The van der Waals surface area contributed by atoms with Gasteiger partial charge in [-0.15, -0.1) is 0 Å². The Morgan fingerprint density at radius 3 is 2.68 bits per heavy atom. The van der Waals surface area contributed by atoms with Crippen LogP contribution in [0.4, 0.5) is 11.6 Å². The van der Waals surface area contributed by atoms with Crippen molar-refractivity contribution in [2.45, 2.75) is 13.5 Å². The zero-order valence-corrected chi connectivity index (χ0v) is 12.0. The number of hydrogen-bond acceptors (Lipinski definition) is 3. The van der Waals surface area contributed by atoms with E-state index in [1.807, 2.05) is 49.5 Å². The van der Waals surface area contributed by atoms with Crippen LogP contribution in [0.5, 0.6) is 0 Å². The lowest BCUT2D eigenvalue weighted by atomic mass is 10.2. The molecule has 0 aliphatic carbocycles. The van der Waals surface area contributed by atoms with Crippen molar-refractivity contribution in [3.8, 4) is 0 Å². The van der Waals surface area contributed by atoms with Crippen LogP contribution in [-0.4, -0.2) is 18.6 Å². The first kappa shape index (κ1) is 13.7. The highest BCUT2D eigenvalue weighted by Crippen LogP contribution is 2.20. The summed E-state index contributed by atoms with van der Waals surface area (Å²) >= 11 is 6.18. The Bertz CT molecular complexity index is 542. The summed E-state index contributed by atoms with van der Waals surface area (Å²) in [6.07, 6.45) is 0. The van der Waals surface area contributed by atoms with Crippen molar-refractivity contribution in [3.05, 3.63) is 53.1 Å². The predicted molar refractivity (Wildman–Crippen MR) is 82.0 cm³/mol. The van der Waals surface area contributed by atoms with Crippen LogP contribution in [-0.2, 0) is 6.54 Å². The van der Waals surface area contributed by atoms with Crippen LogP contribution in [0.15, 0.2) is 42.5 Å². The molecule has 0 spiro atoms. The van der Waals surface area contributed by atoms with E-state index in [9.17, 15) is 0 Å². The van der Waals surface area contributed by atoms with E-state index in [0.717, 1.165) is 35.3 Å².